The Morgan fingerprint density at radius 1 is 0.571 bits per heavy atom. The highest BCUT2D eigenvalue weighted by atomic mass is 79.9. The highest BCUT2D eigenvalue weighted by molar-refractivity contribution is 9.10. The van der Waals surface area contributed by atoms with Gasteiger partial charge in [0, 0.05) is 69.5 Å². The number of likely N-dealkylation sites (tertiary alicyclic amines) is 2. The Labute approximate surface area is 467 Å². The lowest BCUT2D eigenvalue weighted by Crippen LogP contribution is -2.53. The fourth-order valence-corrected chi connectivity index (χ4v) is 9.49. The van der Waals surface area contributed by atoms with Crippen LogP contribution < -0.4 is 10.2 Å². The molecule has 77 heavy (non-hydrogen) atoms. The molecule has 2 saturated heterocycles. The Balaban J connectivity index is 0.000000277. The molecular formula is C54H63Br3F12N4O4. The lowest BCUT2D eigenvalue weighted by molar-refractivity contribution is -0.144. The zero-order chi connectivity index (χ0) is 58.1. The molecule has 0 saturated carbocycles. The van der Waals surface area contributed by atoms with Crippen LogP contribution in [-0.2, 0) is 46.1 Å². The van der Waals surface area contributed by atoms with Gasteiger partial charge in [0.1, 0.15) is 11.2 Å². The average molecular weight is 1300 g/mol. The van der Waals surface area contributed by atoms with Gasteiger partial charge in [0.05, 0.1) is 22.3 Å². The summed E-state index contributed by atoms with van der Waals surface area (Å²) in [5.74, 6) is 0. The zero-order valence-corrected chi connectivity index (χ0v) is 48.4. The lowest BCUT2D eigenvalue weighted by atomic mass is 9.93. The van der Waals surface area contributed by atoms with Gasteiger partial charge in [-0.3, -0.25) is 0 Å². The molecule has 4 aromatic carbocycles. The van der Waals surface area contributed by atoms with Crippen LogP contribution in [0.4, 0.5) is 73.6 Å². The number of anilines is 2. The minimum atomic E-state index is -4.93. The molecule has 4 unspecified atom stereocenters. The molecule has 2 heterocycles. The van der Waals surface area contributed by atoms with Crippen LogP contribution in [0.15, 0.2) is 93.9 Å². The Kier molecular flexibility index (Phi) is 22.6. The molecule has 0 aliphatic carbocycles. The molecule has 6 rings (SSSR count). The Bertz CT molecular complexity index is 2480. The van der Waals surface area contributed by atoms with Gasteiger partial charge < -0.3 is 29.5 Å². The third-order valence-electron chi connectivity index (χ3n) is 12.2. The van der Waals surface area contributed by atoms with Gasteiger partial charge >= 0.3 is 36.9 Å². The smallest absolute Gasteiger partial charge is 0.416 e. The van der Waals surface area contributed by atoms with Crippen molar-refractivity contribution in [2.45, 2.75) is 166 Å². The summed E-state index contributed by atoms with van der Waals surface area (Å²) in [4.78, 5) is 30.5. The molecule has 4 aromatic rings. The Morgan fingerprint density at radius 2 is 0.948 bits per heavy atom. The number of hydrogen-bond donors (Lipinski definition) is 1. The summed E-state index contributed by atoms with van der Waals surface area (Å²) in [5, 5.41) is 3.51. The van der Waals surface area contributed by atoms with E-state index in [0.29, 0.717) is 49.7 Å². The maximum absolute atomic E-state index is 13.5. The maximum atomic E-state index is 13.5. The number of piperidine rings is 2. The minimum Gasteiger partial charge on any atom is -0.444 e. The third kappa shape index (κ3) is 20.7. The Hall–Kier alpha value is -4.38. The summed E-state index contributed by atoms with van der Waals surface area (Å²) in [6, 6.07) is 18.6. The Morgan fingerprint density at radius 3 is 1.32 bits per heavy atom. The van der Waals surface area contributed by atoms with Gasteiger partial charge in [0.25, 0.3) is 0 Å². The first kappa shape index (κ1) is 65.1. The number of amides is 2. The molecule has 2 aliphatic rings. The summed E-state index contributed by atoms with van der Waals surface area (Å²) >= 11 is 9.64. The van der Waals surface area contributed by atoms with Crippen molar-refractivity contribution in [3.63, 3.8) is 0 Å². The van der Waals surface area contributed by atoms with Gasteiger partial charge in [-0.1, -0.05) is 61.6 Å². The largest absolute Gasteiger partial charge is 0.444 e. The van der Waals surface area contributed by atoms with Crippen molar-refractivity contribution < 1.29 is 71.7 Å². The van der Waals surface area contributed by atoms with E-state index in [4.69, 9.17) is 9.47 Å². The molecule has 0 aromatic heterocycles. The lowest BCUT2D eigenvalue weighted by Gasteiger charge is -2.44. The molecule has 8 nitrogen and oxygen atoms in total. The van der Waals surface area contributed by atoms with Gasteiger partial charge in [0.2, 0.25) is 0 Å². The van der Waals surface area contributed by atoms with E-state index in [1.807, 2.05) is 49.6 Å². The number of carbonyl (C=O) groups is 2. The molecule has 2 fully saturated rings. The first-order valence-electron chi connectivity index (χ1n) is 24.6. The average Bonchev–Trinajstić information content (AvgIpc) is 3.32. The molecule has 2 amide bonds. The van der Waals surface area contributed by atoms with Crippen LogP contribution in [0.1, 0.15) is 127 Å². The van der Waals surface area contributed by atoms with Crippen LogP contribution in [0.3, 0.4) is 0 Å². The maximum Gasteiger partial charge on any atom is 0.416 e. The summed E-state index contributed by atoms with van der Waals surface area (Å²) in [7, 11) is 0. The van der Waals surface area contributed by atoms with Crippen molar-refractivity contribution >= 4 is 71.4 Å². The molecule has 428 valence electrons. The quantitative estimate of drug-likeness (QED) is 0.133. The molecule has 0 spiro atoms. The molecular weight excluding hydrogens is 1240 g/mol. The SMILES string of the molecule is CCC1CC(N(Cc2cc(C(F)(F)F)cc(C(F)(F)F)c2)c2ccc(Br)cc2)CCN1C(=O)OC(C)(C)C.CCC1CC(Nc2ccc(Br)cc2)CCN1C(=O)OC(C)(C)C.FC(F)(F)c1cc(CBr)cc(C(F)(F)F)c1. The highest BCUT2D eigenvalue weighted by Gasteiger charge is 2.40. The first-order valence-corrected chi connectivity index (χ1v) is 27.3. The predicted octanol–water partition coefficient (Wildman–Crippen LogP) is 18.3. The fraction of sp³-hybridized carbons (Fsp3) is 0.519. The molecule has 4 atom stereocenters. The summed E-state index contributed by atoms with van der Waals surface area (Å²) in [5.41, 5.74) is -4.78. The van der Waals surface area contributed by atoms with Crippen LogP contribution in [0, 0.1) is 0 Å². The molecule has 1 N–H and O–H groups in total. The van der Waals surface area contributed by atoms with Crippen molar-refractivity contribution in [1.82, 2.24) is 9.80 Å². The summed E-state index contributed by atoms with van der Waals surface area (Å²) in [6.07, 6.45) is -15.6. The number of alkyl halides is 13. The van der Waals surface area contributed by atoms with Crippen molar-refractivity contribution in [1.29, 1.82) is 0 Å². The van der Waals surface area contributed by atoms with E-state index in [0.717, 1.165) is 52.6 Å². The van der Waals surface area contributed by atoms with E-state index in [2.05, 4.69) is 72.2 Å². The van der Waals surface area contributed by atoms with Gasteiger partial charge in [-0.05, 0) is 176 Å². The van der Waals surface area contributed by atoms with Crippen molar-refractivity contribution in [3.05, 3.63) is 127 Å². The number of nitrogens with zero attached hydrogens (tertiary/aromatic N) is 3. The molecule has 0 bridgehead atoms. The number of nitrogens with one attached hydrogen (secondary N) is 1. The normalized spacial score (nSPS) is 18.5. The monoisotopic (exact) mass is 1300 g/mol. The molecule has 2 aliphatic heterocycles. The van der Waals surface area contributed by atoms with Crippen molar-refractivity contribution in [2.75, 3.05) is 23.3 Å². The zero-order valence-electron chi connectivity index (χ0n) is 43.6. The standard InChI is InChI=1S/C27H31BrF6N2O2.C18H27BrN2O2.C9H5BrF6/c1-5-21-15-23(10-11-35(21)24(37)38-25(2,3)4)36(22-8-6-20(28)7-9-22)16-17-12-18(26(29,30)31)14-19(13-17)27(32,33)34;1-5-16-12-15(20-14-8-6-13(19)7-9-14)10-11-21(16)17(22)23-18(2,3)4;10-4-5-1-6(8(11,12)13)3-7(2-5)9(14,15)16/h6-9,12-14,21,23H,5,10-11,15-16H2,1-4H3;6-9,15-16,20H,5,10-12H2,1-4H3;1-3H,4H2. The van der Waals surface area contributed by atoms with E-state index in [-0.39, 0.29) is 59.4 Å². The topological polar surface area (TPSA) is 74.4 Å². The van der Waals surface area contributed by atoms with Gasteiger partial charge in [-0.2, -0.15) is 52.7 Å². The number of carbonyl (C=O) groups excluding carboxylic acids is 2. The van der Waals surface area contributed by atoms with Crippen molar-refractivity contribution in [2.24, 2.45) is 0 Å². The number of rotatable bonds is 9. The predicted molar refractivity (Wildman–Crippen MR) is 284 cm³/mol. The second-order valence-electron chi connectivity index (χ2n) is 20.6. The second-order valence-corrected chi connectivity index (χ2v) is 23.0. The number of halogens is 15. The van der Waals surface area contributed by atoms with E-state index >= 15 is 0 Å². The van der Waals surface area contributed by atoms with E-state index in [9.17, 15) is 62.3 Å². The number of benzene rings is 4. The van der Waals surface area contributed by atoms with Gasteiger partial charge in [-0.25, -0.2) is 9.59 Å². The van der Waals surface area contributed by atoms with E-state index in [1.54, 1.807) is 49.9 Å². The number of ether oxygens (including phenoxy) is 2. The minimum absolute atomic E-state index is 0.0675. The summed E-state index contributed by atoms with van der Waals surface area (Å²) < 4.78 is 168. The van der Waals surface area contributed by atoms with Crippen LogP contribution in [0.5, 0.6) is 0 Å². The van der Waals surface area contributed by atoms with Gasteiger partial charge in [0.15, 0.2) is 0 Å². The van der Waals surface area contributed by atoms with Crippen molar-refractivity contribution in [3.8, 4) is 0 Å². The second kappa shape index (κ2) is 26.7. The van der Waals surface area contributed by atoms with Crippen LogP contribution in [-0.4, -0.2) is 70.4 Å². The fourth-order valence-electron chi connectivity index (χ4n) is 8.64. The van der Waals surface area contributed by atoms with Crippen LogP contribution >= 0.6 is 47.8 Å². The van der Waals surface area contributed by atoms with E-state index in [1.165, 1.54) is 0 Å². The van der Waals surface area contributed by atoms with Crippen LogP contribution in [0.25, 0.3) is 0 Å². The third-order valence-corrected chi connectivity index (χ3v) is 13.9. The van der Waals surface area contributed by atoms with E-state index < -0.39 is 64.3 Å². The molecule has 23 heteroatoms. The van der Waals surface area contributed by atoms with Crippen LogP contribution in [0.2, 0.25) is 0 Å². The highest BCUT2D eigenvalue weighted by Crippen LogP contribution is 2.40. The van der Waals surface area contributed by atoms with Gasteiger partial charge in [-0.15, -0.1) is 0 Å². The number of hydrogen-bond acceptors (Lipinski definition) is 6. The molecule has 0 radical (unpaired) electrons. The summed E-state index contributed by atoms with van der Waals surface area (Å²) in [6.45, 7) is 16.0. The first-order chi connectivity index (χ1) is 35.4.